The monoisotopic (exact) mass is 474 g/mol. The van der Waals surface area contributed by atoms with Crippen molar-refractivity contribution < 1.29 is 14.3 Å². The highest BCUT2D eigenvalue weighted by atomic mass is 127. The Kier molecular flexibility index (Phi) is 4.88. The molecule has 2 aromatic rings. The molecule has 8 nitrogen and oxygen atoms in total. The maximum Gasteiger partial charge on any atom is 0.332 e. The SMILES string of the molecule is Cn1c(Nc2ccc(I)cc2F)c(C(=O)N2CC(O)C2)c(=O)n(C)c1=O. The zero-order valence-electron chi connectivity index (χ0n) is 14.0. The summed E-state index contributed by atoms with van der Waals surface area (Å²) in [6.45, 7) is 0.199. The number of anilines is 2. The van der Waals surface area contributed by atoms with Crippen molar-refractivity contribution in [2.45, 2.75) is 6.10 Å². The predicted molar refractivity (Wildman–Crippen MR) is 101 cm³/mol. The number of aliphatic hydroxyl groups excluding tert-OH is 1. The van der Waals surface area contributed by atoms with E-state index in [9.17, 15) is 23.9 Å². The summed E-state index contributed by atoms with van der Waals surface area (Å²) in [4.78, 5) is 38.8. The lowest BCUT2D eigenvalue weighted by molar-refractivity contribution is 0.00574. The van der Waals surface area contributed by atoms with Crippen LogP contribution in [0.25, 0.3) is 0 Å². The topological polar surface area (TPSA) is 96.6 Å². The first-order valence-electron chi connectivity index (χ1n) is 7.70. The number of likely N-dealkylation sites (tertiary alicyclic amines) is 1. The van der Waals surface area contributed by atoms with Gasteiger partial charge in [-0.1, -0.05) is 0 Å². The van der Waals surface area contributed by atoms with Crippen molar-refractivity contribution in [2.24, 2.45) is 14.1 Å². The first kappa shape index (κ1) is 18.6. The second kappa shape index (κ2) is 6.83. The number of amides is 1. The average molecular weight is 474 g/mol. The Morgan fingerprint density at radius 3 is 2.50 bits per heavy atom. The lowest BCUT2D eigenvalue weighted by Gasteiger charge is -2.36. The van der Waals surface area contributed by atoms with Gasteiger partial charge in [0.05, 0.1) is 11.8 Å². The van der Waals surface area contributed by atoms with Gasteiger partial charge in [0.2, 0.25) is 0 Å². The fourth-order valence-corrected chi connectivity index (χ4v) is 3.13. The molecule has 0 atom stereocenters. The molecule has 138 valence electrons. The summed E-state index contributed by atoms with van der Waals surface area (Å²) in [5.74, 6) is -1.30. The molecule has 1 aliphatic rings. The number of aliphatic hydroxyl groups is 1. The molecule has 0 spiro atoms. The summed E-state index contributed by atoms with van der Waals surface area (Å²) in [5.41, 5.74) is -1.68. The van der Waals surface area contributed by atoms with Gasteiger partial charge in [-0.15, -0.1) is 0 Å². The predicted octanol–water partition coefficient (Wildman–Crippen LogP) is 0.388. The van der Waals surface area contributed by atoms with Crippen LogP contribution < -0.4 is 16.6 Å². The minimum absolute atomic E-state index is 0.0337. The Morgan fingerprint density at radius 2 is 1.92 bits per heavy atom. The number of aromatic nitrogens is 2. The van der Waals surface area contributed by atoms with Crippen molar-refractivity contribution >= 4 is 40.0 Å². The van der Waals surface area contributed by atoms with Crippen LogP contribution in [0.4, 0.5) is 15.9 Å². The normalized spacial score (nSPS) is 14.3. The van der Waals surface area contributed by atoms with Crippen LogP contribution >= 0.6 is 22.6 Å². The molecule has 1 amide bonds. The maximum absolute atomic E-state index is 14.2. The zero-order valence-corrected chi connectivity index (χ0v) is 16.2. The highest BCUT2D eigenvalue weighted by molar-refractivity contribution is 14.1. The minimum atomic E-state index is -0.784. The maximum atomic E-state index is 14.2. The molecule has 2 heterocycles. The lowest BCUT2D eigenvalue weighted by Crippen LogP contribution is -2.55. The number of hydrogen-bond acceptors (Lipinski definition) is 5. The Hall–Kier alpha value is -2.21. The molecule has 1 aliphatic heterocycles. The van der Waals surface area contributed by atoms with Crippen LogP contribution in [0.1, 0.15) is 10.4 Å². The number of carbonyl (C=O) groups excluding carboxylic acids is 1. The summed E-state index contributed by atoms with van der Waals surface area (Å²) < 4.78 is 16.8. The Morgan fingerprint density at radius 1 is 1.27 bits per heavy atom. The molecule has 0 saturated carbocycles. The first-order chi connectivity index (χ1) is 12.2. The van der Waals surface area contributed by atoms with Gasteiger partial charge in [0.15, 0.2) is 0 Å². The lowest BCUT2D eigenvalue weighted by atomic mass is 10.1. The number of carbonyl (C=O) groups is 1. The number of benzene rings is 1. The third-order valence-corrected chi connectivity index (χ3v) is 4.88. The van der Waals surface area contributed by atoms with E-state index in [4.69, 9.17) is 0 Å². The van der Waals surface area contributed by atoms with Crippen LogP contribution in [0.2, 0.25) is 0 Å². The summed E-state index contributed by atoms with van der Waals surface area (Å²) >= 11 is 1.95. The third kappa shape index (κ3) is 3.14. The van der Waals surface area contributed by atoms with E-state index in [1.54, 1.807) is 6.07 Å². The fraction of sp³-hybridized carbons (Fsp3) is 0.312. The van der Waals surface area contributed by atoms with Crippen LogP contribution in [0, 0.1) is 9.39 Å². The Bertz CT molecular complexity index is 1010. The highest BCUT2D eigenvalue weighted by Crippen LogP contribution is 2.24. The summed E-state index contributed by atoms with van der Waals surface area (Å²) in [5, 5.41) is 12.1. The van der Waals surface area contributed by atoms with Crippen LogP contribution in [0.3, 0.4) is 0 Å². The number of β-amino-alcohol motifs (C(OH)–C–C–N with tert-alkyl or cyclic N) is 1. The quantitative estimate of drug-likeness (QED) is 0.628. The summed E-state index contributed by atoms with van der Waals surface area (Å²) in [6, 6.07) is 4.40. The van der Waals surface area contributed by atoms with Gasteiger partial charge in [-0.25, -0.2) is 9.18 Å². The van der Waals surface area contributed by atoms with Gasteiger partial charge in [0.1, 0.15) is 17.2 Å². The second-order valence-corrected chi connectivity index (χ2v) is 7.29. The molecule has 0 unspecified atom stereocenters. The van der Waals surface area contributed by atoms with Crippen molar-refractivity contribution in [2.75, 3.05) is 18.4 Å². The van der Waals surface area contributed by atoms with E-state index in [0.717, 1.165) is 9.13 Å². The number of nitrogens with one attached hydrogen (secondary N) is 1. The van der Waals surface area contributed by atoms with Gasteiger partial charge in [-0.05, 0) is 40.8 Å². The first-order valence-corrected chi connectivity index (χ1v) is 8.78. The molecular formula is C16H16FIN4O4. The number of nitrogens with zero attached hydrogens (tertiary/aromatic N) is 3. The van der Waals surface area contributed by atoms with Gasteiger partial charge >= 0.3 is 5.69 Å². The number of rotatable bonds is 3. The molecule has 10 heteroatoms. The van der Waals surface area contributed by atoms with E-state index in [2.05, 4.69) is 5.32 Å². The second-order valence-electron chi connectivity index (χ2n) is 6.04. The molecule has 26 heavy (non-hydrogen) atoms. The van der Waals surface area contributed by atoms with Crippen molar-refractivity contribution in [3.05, 3.63) is 54.0 Å². The Labute approximate surface area is 161 Å². The molecule has 2 N–H and O–H groups in total. The van der Waals surface area contributed by atoms with E-state index >= 15 is 0 Å². The van der Waals surface area contributed by atoms with Gasteiger partial charge in [-0.3, -0.25) is 18.7 Å². The molecule has 0 radical (unpaired) electrons. The van der Waals surface area contributed by atoms with E-state index in [1.165, 1.54) is 31.1 Å². The Balaban J connectivity index is 2.15. The number of halogens is 2. The van der Waals surface area contributed by atoms with E-state index in [-0.39, 0.29) is 30.2 Å². The van der Waals surface area contributed by atoms with Crippen molar-refractivity contribution in [1.82, 2.24) is 14.0 Å². The fourth-order valence-electron chi connectivity index (χ4n) is 2.68. The van der Waals surface area contributed by atoms with Crippen LogP contribution in [-0.4, -0.2) is 44.2 Å². The largest absolute Gasteiger partial charge is 0.389 e. The highest BCUT2D eigenvalue weighted by Gasteiger charge is 2.34. The van der Waals surface area contributed by atoms with E-state index in [1.807, 2.05) is 22.6 Å². The molecule has 1 aromatic carbocycles. The third-order valence-electron chi connectivity index (χ3n) is 4.21. The van der Waals surface area contributed by atoms with Gasteiger partial charge in [0.25, 0.3) is 11.5 Å². The van der Waals surface area contributed by atoms with Crippen molar-refractivity contribution in [1.29, 1.82) is 0 Å². The molecule has 1 aromatic heterocycles. The zero-order chi connectivity index (χ0) is 19.2. The van der Waals surface area contributed by atoms with Crippen LogP contribution in [0.5, 0.6) is 0 Å². The van der Waals surface area contributed by atoms with Gasteiger partial charge < -0.3 is 15.3 Å². The van der Waals surface area contributed by atoms with E-state index in [0.29, 0.717) is 3.57 Å². The smallest absolute Gasteiger partial charge is 0.332 e. The molecule has 1 saturated heterocycles. The standard InChI is InChI=1S/C16H16FIN4O4/c1-20-13(19-11-4-3-8(18)5-10(11)17)12(14(24)21(2)16(20)26)15(25)22-6-9(23)7-22/h3-5,9,19,23H,6-7H2,1-2H3. The van der Waals surface area contributed by atoms with Crippen LogP contribution in [-0.2, 0) is 14.1 Å². The van der Waals surface area contributed by atoms with Gasteiger partial charge in [-0.2, -0.15) is 0 Å². The summed E-state index contributed by atoms with van der Waals surface area (Å²) in [6.07, 6.45) is -0.639. The van der Waals surface area contributed by atoms with Crippen molar-refractivity contribution in [3.8, 4) is 0 Å². The molecule has 0 aliphatic carbocycles. The molecule has 3 rings (SSSR count). The minimum Gasteiger partial charge on any atom is -0.389 e. The average Bonchev–Trinajstić information content (AvgIpc) is 2.56. The molecule has 0 bridgehead atoms. The van der Waals surface area contributed by atoms with E-state index < -0.39 is 29.1 Å². The summed E-state index contributed by atoms with van der Waals surface area (Å²) in [7, 11) is 2.65. The van der Waals surface area contributed by atoms with Crippen LogP contribution in [0.15, 0.2) is 27.8 Å². The van der Waals surface area contributed by atoms with Gasteiger partial charge in [0, 0.05) is 30.8 Å². The molecular weight excluding hydrogens is 458 g/mol. The van der Waals surface area contributed by atoms with Crippen molar-refractivity contribution in [3.63, 3.8) is 0 Å². The molecule has 1 fully saturated rings. The number of hydrogen-bond donors (Lipinski definition) is 2.